The number of benzene rings is 5. The van der Waals surface area contributed by atoms with Gasteiger partial charge in [-0.1, -0.05) is 30.3 Å². The van der Waals surface area contributed by atoms with E-state index in [0.717, 1.165) is 78.3 Å². The van der Waals surface area contributed by atoms with Gasteiger partial charge in [-0.3, -0.25) is 33.8 Å². The Morgan fingerprint density at radius 3 is 1.70 bits per heavy atom. The Balaban J connectivity index is 0.925. The van der Waals surface area contributed by atoms with Crippen LogP contribution >= 0.6 is 0 Å². The molecular weight excluding hydrogens is 1050 g/mol. The van der Waals surface area contributed by atoms with Crippen molar-refractivity contribution in [3.63, 3.8) is 0 Å². The molecule has 0 radical (unpaired) electrons. The van der Waals surface area contributed by atoms with Crippen molar-refractivity contribution in [2.75, 3.05) is 172 Å². The van der Waals surface area contributed by atoms with Crippen LogP contribution < -0.4 is 39.5 Å². The van der Waals surface area contributed by atoms with Crippen molar-refractivity contribution in [1.82, 2.24) is 15.1 Å². The average molecular weight is 1130 g/mol. The lowest BCUT2D eigenvalue weighted by Crippen LogP contribution is -2.45. The molecule has 0 spiro atoms. The fourth-order valence-corrected chi connectivity index (χ4v) is 10.4. The van der Waals surface area contributed by atoms with Crippen molar-refractivity contribution in [1.29, 1.82) is 0 Å². The molecule has 20 nitrogen and oxygen atoms in total. The lowest BCUT2D eigenvalue weighted by Gasteiger charge is -2.30. The van der Waals surface area contributed by atoms with Crippen LogP contribution in [-0.2, 0) is 44.5 Å². The molecule has 1 saturated heterocycles. The molecule has 0 aliphatic carbocycles. The van der Waals surface area contributed by atoms with Crippen LogP contribution in [0.3, 0.4) is 0 Å². The molecule has 10 rings (SSSR count). The van der Waals surface area contributed by atoms with Gasteiger partial charge in [-0.25, -0.2) is 0 Å². The first-order valence-electron chi connectivity index (χ1n) is 28.3. The molecule has 0 aromatic heterocycles. The van der Waals surface area contributed by atoms with E-state index >= 15 is 0 Å². The second-order valence-corrected chi connectivity index (χ2v) is 20.3. The Morgan fingerprint density at radius 1 is 0.561 bits per heavy atom. The predicted octanol–water partition coefficient (Wildman–Crippen LogP) is 5.83. The highest BCUT2D eigenvalue weighted by Crippen LogP contribution is 2.36. The highest BCUT2D eigenvalue weighted by atomic mass is 16.5. The maximum Gasteiger partial charge on any atom is 0.261 e. The third-order valence-electron chi connectivity index (χ3n) is 14.7. The Morgan fingerprint density at radius 2 is 1.11 bits per heavy atom. The number of fused-ring (bicyclic) bond motifs is 20. The first-order chi connectivity index (χ1) is 40.1. The normalized spacial score (nSPS) is 17.1. The first-order valence-corrected chi connectivity index (χ1v) is 28.3. The molecular formula is C62H75N7O13. The van der Waals surface area contributed by atoms with Gasteiger partial charge in [-0.15, -0.1) is 0 Å². The Labute approximate surface area is 479 Å². The summed E-state index contributed by atoms with van der Waals surface area (Å²) in [4.78, 5) is 73.0. The number of anilines is 4. The van der Waals surface area contributed by atoms with Gasteiger partial charge in [0.15, 0.2) is 0 Å². The van der Waals surface area contributed by atoms with Crippen LogP contribution in [0.4, 0.5) is 22.7 Å². The molecule has 5 aliphatic rings. The van der Waals surface area contributed by atoms with Crippen molar-refractivity contribution in [2.24, 2.45) is 0 Å². The number of nitrogens with zero attached hydrogens (tertiary/aromatic N) is 5. The predicted molar refractivity (Wildman–Crippen MR) is 312 cm³/mol. The molecule has 1 fully saturated rings. The standard InChI is InChI=1S/C62H75N7O13/c1-44-7-12-51-54(41-44)80-33-27-67(28-34-81-55-42-45(2)8-13-52(55)66-25-31-78-38-36-76-29-23-65(51)24-30-77-37-39-79-32-26-66)53-14-9-46(43-56(53)82-40-35-75-3)17-19-63-50-11-10-49-60-47(50)5-4-6-48(60)61(73)69(62(49)74)22-20-64-57(70)18-21-68-58(71)15-16-59(68)72/h4-16,41-43,63H,17-40H2,1-3H3,(H,64,70). The summed E-state index contributed by atoms with van der Waals surface area (Å²) in [6.45, 7) is 13.4. The quantitative estimate of drug-likeness (QED) is 0.0720. The minimum Gasteiger partial charge on any atom is -0.490 e. The van der Waals surface area contributed by atoms with Crippen molar-refractivity contribution >= 4 is 63.1 Å². The summed E-state index contributed by atoms with van der Waals surface area (Å²) < 4.78 is 50.0. The van der Waals surface area contributed by atoms with E-state index in [-0.39, 0.29) is 26.1 Å². The zero-order valence-corrected chi connectivity index (χ0v) is 47.3. The molecule has 0 unspecified atom stereocenters. The van der Waals surface area contributed by atoms with E-state index in [0.29, 0.717) is 154 Å². The Bertz CT molecular complexity index is 2940. The van der Waals surface area contributed by atoms with Gasteiger partial charge in [-0.2, -0.15) is 0 Å². The van der Waals surface area contributed by atoms with Gasteiger partial charge in [0.25, 0.3) is 23.6 Å². The largest absolute Gasteiger partial charge is 0.490 e. The number of aryl methyl sites for hydroxylation is 2. The molecule has 0 atom stereocenters. The smallest absolute Gasteiger partial charge is 0.261 e. The highest BCUT2D eigenvalue weighted by Gasteiger charge is 2.33. The number of imide groups is 2. The second-order valence-electron chi connectivity index (χ2n) is 20.3. The number of hydrogen-bond acceptors (Lipinski definition) is 17. The molecule has 2 N–H and O–H groups in total. The Kier molecular flexibility index (Phi) is 21.0. The summed E-state index contributed by atoms with van der Waals surface area (Å²) in [5, 5.41) is 7.57. The zero-order valence-electron chi connectivity index (χ0n) is 47.3. The molecule has 5 heterocycles. The number of rotatable bonds is 15. The van der Waals surface area contributed by atoms with Gasteiger partial charge in [-0.05, 0) is 91.6 Å². The summed E-state index contributed by atoms with van der Waals surface area (Å²) >= 11 is 0. The van der Waals surface area contributed by atoms with Crippen molar-refractivity contribution < 1.29 is 61.9 Å². The van der Waals surface area contributed by atoms with Crippen LogP contribution in [0.5, 0.6) is 17.2 Å². The van der Waals surface area contributed by atoms with Crippen LogP contribution in [0.15, 0.2) is 97.1 Å². The van der Waals surface area contributed by atoms with Crippen LogP contribution in [0.1, 0.15) is 43.8 Å². The monoisotopic (exact) mass is 1130 g/mol. The lowest BCUT2D eigenvalue weighted by molar-refractivity contribution is -0.137. The summed E-state index contributed by atoms with van der Waals surface area (Å²) in [6.07, 6.45) is 2.83. The van der Waals surface area contributed by atoms with Crippen molar-refractivity contribution in [2.45, 2.75) is 26.7 Å². The number of ether oxygens (including phenoxy) is 8. The molecule has 82 heavy (non-hydrogen) atoms. The van der Waals surface area contributed by atoms with Crippen LogP contribution in [0.2, 0.25) is 0 Å². The van der Waals surface area contributed by atoms with Crippen molar-refractivity contribution in [3.05, 3.63) is 125 Å². The summed E-state index contributed by atoms with van der Waals surface area (Å²) in [6, 6.07) is 27.8. The third-order valence-corrected chi connectivity index (χ3v) is 14.7. The molecule has 5 aliphatic heterocycles. The van der Waals surface area contributed by atoms with E-state index in [9.17, 15) is 24.0 Å². The minimum atomic E-state index is -0.470. The maximum atomic E-state index is 13.9. The molecule has 20 heteroatoms. The number of carbonyl (C=O) groups excluding carboxylic acids is 5. The SMILES string of the molecule is COCCOc1cc(CCNc2ccc3c4c(cccc24)C(=O)N(CCNC(=O)CCN2C(=O)C=CC2=O)C3=O)ccc1N1CCOc2cc(C)ccc2N2CCOCCOCCN(CCOCCOCC2)c2ccc(C)cc2OCC1. The van der Waals surface area contributed by atoms with Gasteiger partial charge in [0.1, 0.15) is 37.1 Å². The summed E-state index contributed by atoms with van der Waals surface area (Å²) in [5.74, 6) is -0.0608. The number of amides is 5. The molecule has 0 saturated carbocycles. The molecule has 5 amide bonds. The summed E-state index contributed by atoms with van der Waals surface area (Å²) in [5.41, 5.74) is 7.49. The lowest BCUT2D eigenvalue weighted by atomic mass is 9.93. The number of nitrogens with one attached hydrogen (secondary N) is 2. The average Bonchev–Trinajstić information content (AvgIpc) is 3.89. The molecule has 5 aromatic carbocycles. The van der Waals surface area contributed by atoms with Crippen LogP contribution in [-0.4, -0.2) is 191 Å². The van der Waals surface area contributed by atoms with Gasteiger partial charge in [0, 0.05) is 106 Å². The van der Waals surface area contributed by atoms with E-state index in [1.54, 1.807) is 25.3 Å². The first kappa shape index (κ1) is 58.9. The van der Waals surface area contributed by atoms with E-state index in [4.69, 9.17) is 37.9 Å². The van der Waals surface area contributed by atoms with E-state index < -0.39 is 29.5 Å². The van der Waals surface area contributed by atoms with Crippen LogP contribution in [0, 0.1) is 13.8 Å². The number of methoxy groups -OCH3 is 1. The summed E-state index contributed by atoms with van der Waals surface area (Å²) in [7, 11) is 1.65. The van der Waals surface area contributed by atoms with Crippen LogP contribution in [0.25, 0.3) is 10.8 Å². The number of carbonyl (C=O) groups is 5. The van der Waals surface area contributed by atoms with Crippen molar-refractivity contribution in [3.8, 4) is 17.2 Å². The second kappa shape index (κ2) is 29.3. The van der Waals surface area contributed by atoms with E-state index in [2.05, 4.69) is 93.8 Å². The fourth-order valence-electron chi connectivity index (χ4n) is 10.4. The van der Waals surface area contributed by atoms with Gasteiger partial charge in [0.2, 0.25) is 5.91 Å². The van der Waals surface area contributed by atoms with E-state index in [1.165, 1.54) is 0 Å². The maximum absolute atomic E-state index is 13.9. The van der Waals surface area contributed by atoms with Gasteiger partial charge < -0.3 is 63.2 Å². The number of hydrogen-bond donors (Lipinski definition) is 2. The fraction of sp³-hybridized carbons (Fsp3) is 0.435. The molecule has 5 aromatic rings. The topological polar surface area (TPSA) is 199 Å². The minimum absolute atomic E-state index is 0.00488. The van der Waals surface area contributed by atoms with E-state index in [1.807, 2.05) is 12.1 Å². The highest BCUT2D eigenvalue weighted by molar-refractivity contribution is 6.26. The molecule has 436 valence electrons. The molecule has 2 bridgehead atoms. The Hall–Kier alpha value is -7.75. The van der Waals surface area contributed by atoms with Gasteiger partial charge in [0.05, 0.1) is 89.6 Å². The zero-order chi connectivity index (χ0) is 57.2. The third kappa shape index (κ3) is 15.2. The van der Waals surface area contributed by atoms with Gasteiger partial charge >= 0.3 is 0 Å².